The van der Waals surface area contributed by atoms with Crippen molar-refractivity contribution in [2.24, 2.45) is 0 Å². The molecule has 0 amide bonds. The van der Waals surface area contributed by atoms with Crippen LogP contribution >= 0.6 is 11.3 Å². The van der Waals surface area contributed by atoms with Gasteiger partial charge < -0.3 is 15.0 Å². The molecule has 4 fully saturated rings. The number of hydrogen-bond acceptors (Lipinski definition) is 9. The number of rotatable bonds is 5. The van der Waals surface area contributed by atoms with Crippen LogP contribution in [0.4, 0.5) is 14.6 Å². The molecule has 0 radical (unpaired) electrons. The first kappa shape index (κ1) is 27.1. The smallest absolute Gasteiger partial charge is 0.319 e. The fourth-order valence-corrected chi connectivity index (χ4v) is 9.84. The fourth-order valence-electron chi connectivity index (χ4n) is 8.69. The summed E-state index contributed by atoms with van der Waals surface area (Å²) in [4.78, 5) is 20.5. The molecule has 2 aromatic carbocycles. The molecule has 4 atom stereocenters. The van der Waals surface area contributed by atoms with Gasteiger partial charge in [0.25, 0.3) is 0 Å². The number of fused-ring (bicyclic) bond motifs is 8. The molecule has 4 saturated heterocycles. The van der Waals surface area contributed by atoms with Gasteiger partial charge in [-0.15, -0.1) is 11.3 Å². The summed E-state index contributed by atoms with van der Waals surface area (Å²) >= 11 is 1.56. The van der Waals surface area contributed by atoms with Crippen LogP contribution in [0.1, 0.15) is 32.1 Å². The second-order valence-corrected chi connectivity index (χ2v) is 14.5. The largest absolute Gasteiger partial charge is 0.461 e. The Bertz CT molecular complexity index is 2170. The monoisotopic (exact) mass is 638 g/mol. The molecular weight excluding hydrogens is 606 g/mol. The van der Waals surface area contributed by atoms with Gasteiger partial charge in [0.05, 0.1) is 33.0 Å². The quantitative estimate of drug-likeness (QED) is 0.239. The van der Waals surface area contributed by atoms with Gasteiger partial charge >= 0.3 is 6.01 Å². The second-order valence-electron chi connectivity index (χ2n) is 13.5. The molecule has 234 valence electrons. The number of halogens is 2. The van der Waals surface area contributed by atoms with Crippen LogP contribution in [0.25, 0.3) is 53.2 Å². The van der Waals surface area contributed by atoms with Crippen molar-refractivity contribution in [2.75, 3.05) is 37.7 Å². The summed E-state index contributed by atoms with van der Waals surface area (Å²) in [7, 11) is 0. The molecule has 0 saturated carbocycles. The summed E-state index contributed by atoms with van der Waals surface area (Å²) in [6.07, 6.45) is 7.57. The highest BCUT2D eigenvalue weighted by molar-refractivity contribution is 7.26. The number of thiophene rings is 1. The lowest BCUT2D eigenvalue weighted by atomic mass is 9.95. The van der Waals surface area contributed by atoms with Crippen LogP contribution in [0.2, 0.25) is 0 Å². The van der Waals surface area contributed by atoms with Crippen LogP contribution in [0, 0.1) is 5.82 Å². The van der Waals surface area contributed by atoms with Crippen LogP contribution in [-0.4, -0.2) is 86.6 Å². The highest BCUT2D eigenvalue weighted by Gasteiger charge is 2.49. The number of aromatic nitrogens is 5. The number of aromatic amines is 1. The van der Waals surface area contributed by atoms with Crippen LogP contribution < -0.4 is 15.0 Å². The summed E-state index contributed by atoms with van der Waals surface area (Å²) in [5.41, 5.74) is 2.18. The first-order chi connectivity index (χ1) is 22.5. The molecular formula is C34H32F2N8OS. The molecule has 0 aliphatic carbocycles. The van der Waals surface area contributed by atoms with E-state index in [0.717, 1.165) is 104 Å². The van der Waals surface area contributed by atoms with Gasteiger partial charge in [0, 0.05) is 60.7 Å². The molecule has 12 heteroatoms. The van der Waals surface area contributed by atoms with Gasteiger partial charge in [-0.1, -0.05) is 6.07 Å². The zero-order valence-electron chi connectivity index (χ0n) is 25.1. The summed E-state index contributed by atoms with van der Waals surface area (Å²) < 4.78 is 36.6. The Morgan fingerprint density at radius 2 is 1.93 bits per heavy atom. The van der Waals surface area contributed by atoms with Gasteiger partial charge in [0.15, 0.2) is 0 Å². The highest BCUT2D eigenvalue weighted by Crippen LogP contribution is 2.46. The van der Waals surface area contributed by atoms with Gasteiger partial charge in [-0.3, -0.25) is 15.0 Å². The third-order valence-corrected chi connectivity index (χ3v) is 11.8. The predicted molar refractivity (Wildman–Crippen MR) is 176 cm³/mol. The second kappa shape index (κ2) is 10.00. The maximum Gasteiger partial charge on any atom is 0.319 e. The van der Waals surface area contributed by atoms with Crippen molar-refractivity contribution in [3.63, 3.8) is 0 Å². The molecule has 0 spiro atoms. The lowest BCUT2D eigenvalue weighted by molar-refractivity contribution is 0.107. The van der Waals surface area contributed by atoms with Gasteiger partial charge in [0.2, 0.25) is 0 Å². The Morgan fingerprint density at radius 1 is 1.04 bits per heavy atom. The zero-order chi connectivity index (χ0) is 30.6. The van der Waals surface area contributed by atoms with Crippen molar-refractivity contribution in [2.45, 2.75) is 55.9 Å². The lowest BCUT2D eigenvalue weighted by Gasteiger charge is -2.34. The predicted octanol–water partition coefficient (Wildman–Crippen LogP) is 5.97. The van der Waals surface area contributed by atoms with Crippen molar-refractivity contribution in [1.82, 2.24) is 35.4 Å². The average Bonchev–Trinajstić information content (AvgIpc) is 3.87. The third-order valence-electron chi connectivity index (χ3n) is 10.7. The van der Waals surface area contributed by atoms with E-state index < -0.39 is 6.17 Å². The maximum atomic E-state index is 14.7. The Labute approximate surface area is 267 Å². The van der Waals surface area contributed by atoms with Crippen LogP contribution in [0.5, 0.6) is 6.01 Å². The van der Waals surface area contributed by atoms with Crippen LogP contribution in [0.3, 0.4) is 0 Å². The van der Waals surface area contributed by atoms with E-state index in [9.17, 15) is 8.78 Å². The number of H-pyrrole nitrogens is 1. The maximum absolute atomic E-state index is 14.7. The molecule has 4 aliphatic heterocycles. The summed E-state index contributed by atoms with van der Waals surface area (Å²) in [6.45, 7) is 3.48. The Balaban J connectivity index is 1.16. The van der Waals surface area contributed by atoms with Crippen molar-refractivity contribution in [3.05, 3.63) is 48.5 Å². The molecule has 4 aliphatic rings. The van der Waals surface area contributed by atoms with E-state index >= 15 is 0 Å². The number of anilines is 1. The van der Waals surface area contributed by atoms with E-state index in [1.54, 1.807) is 29.7 Å². The molecule has 2 N–H and O–H groups in total. The lowest BCUT2D eigenvalue weighted by Crippen LogP contribution is -2.51. The normalized spacial score (nSPS) is 26.3. The molecule has 6 aromatic rings. The SMILES string of the molecule is Fc1ccc2cc3[nH]ncc3c(-c3nccc4c3sc3nc(OC[C@@]56CCCN5C[C@H](F)C6)nc(N5CC6CCC(C5)N6)c34)c2c1. The van der Waals surface area contributed by atoms with Crippen LogP contribution in [-0.2, 0) is 0 Å². The van der Waals surface area contributed by atoms with E-state index in [4.69, 9.17) is 19.7 Å². The highest BCUT2D eigenvalue weighted by atomic mass is 32.1. The number of nitrogens with zero attached hydrogens (tertiary/aromatic N) is 6. The van der Waals surface area contributed by atoms with Crippen molar-refractivity contribution >= 4 is 59.1 Å². The van der Waals surface area contributed by atoms with Crippen molar-refractivity contribution < 1.29 is 13.5 Å². The number of pyridine rings is 1. The van der Waals surface area contributed by atoms with Gasteiger partial charge in [-0.25, -0.2) is 8.78 Å². The minimum absolute atomic E-state index is 0.289. The molecule has 10 rings (SSSR count). The first-order valence-corrected chi connectivity index (χ1v) is 17.0. The van der Waals surface area contributed by atoms with Gasteiger partial charge in [0.1, 0.15) is 29.2 Å². The minimum atomic E-state index is -0.822. The fraction of sp³-hybridized carbons (Fsp3) is 0.412. The van der Waals surface area contributed by atoms with E-state index in [1.165, 1.54) is 6.07 Å². The summed E-state index contributed by atoms with van der Waals surface area (Å²) in [6, 6.07) is 10.1. The van der Waals surface area contributed by atoms with Gasteiger partial charge in [-0.2, -0.15) is 15.1 Å². The summed E-state index contributed by atoms with van der Waals surface area (Å²) in [5, 5.41) is 15.7. The minimum Gasteiger partial charge on any atom is -0.461 e. The Hall–Kier alpha value is -4.00. The summed E-state index contributed by atoms with van der Waals surface area (Å²) in [5.74, 6) is 0.569. The number of hydrogen-bond donors (Lipinski definition) is 2. The standard InChI is InChI=1S/C34H32F2N8OS/c35-19-3-2-18-10-26-25(13-38-42-26)27(24(18)11-19)29-30-23(6-8-37-29)28-31(43-15-21-4-5-22(16-43)39-21)40-33(41-32(28)46-30)45-17-34-7-1-9-44(34)14-20(36)12-34/h2-3,6,8,10-11,13,20-22,39H,1,4-5,7,9,12,14-17H2,(H,38,42)/t20-,21?,22?,34+/m1/s1. The molecule has 2 unspecified atom stereocenters. The topological polar surface area (TPSA) is 95.1 Å². The average molecular weight is 639 g/mol. The molecule has 4 aromatic heterocycles. The molecule has 2 bridgehead atoms. The van der Waals surface area contributed by atoms with Crippen LogP contribution in [0.15, 0.2) is 42.7 Å². The van der Waals surface area contributed by atoms with Gasteiger partial charge in [-0.05, 0) is 67.3 Å². The number of piperazine rings is 1. The third kappa shape index (κ3) is 4.09. The molecule has 9 nitrogen and oxygen atoms in total. The van der Waals surface area contributed by atoms with E-state index in [1.807, 2.05) is 18.3 Å². The number of nitrogens with one attached hydrogen (secondary N) is 2. The first-order valence-electron chi connectivity index (χ1n) is 16.2. The van der Waals surface area contributed by atoms with E-state index in [0.29, 0.717) is 37.7 Å². The number of benzene rings is 2. The van der Waals surface area contributed by atoms with Crippen molar-refractivity contribution in [3.8, 4) is 17.3 Å². The van der Waals surface area contributed by atoms with Crippen molar-refractivity contribution in [1.29, 1.82) is 0 Å². The Morgan fingerprint density at radius 3 is 2.83 bits per heavy atom. The molecule has 8 heterocycles. The van der Waals surface area contributed by atoms with E-state index in [-0.39, 0.29) is 11.4 Å². The number of alkyl halides is 1. The van der Waals surface area contributed by atoms with E-state index in [2.05, 4.69) is 25.3 Å². The molecule has 46 heavy (non-hydrogen) atoms. The Kier molecular flexibility index (Phi) is 5.90. The number of ether oxygens (including phenoxy) is 1. The zero-order valence-corrected chi connectivity index (χ0v) is 25.9.